The van der Waals surface area contributed by atoms with Crippen molar-refractivity contribution < 1.29 is 4.79 Å². The fourth-order valence-corrected chi connectivity index (χ4v) is 2.68. The highest BCUT2D eigenvalue weighted by Crippen LogP contribution is 2.23. The van der Waals surface area contributed by atoms with E-state index in [0.29, 0.717) is 27.0 Å². The van der Waals surface area contributed by atoms with Gasteiger partial charge in [0.2, 0.25) is 0 Å². The van der Waals surface area contributed by atoms with E-state index in [4.69, 9.17) is 28.5 Å². The van der Waals surface area contributed by atoms with Crippen molar-refractivity contribution >= 4 is 46.6 Å². The Bertz CT molecular complexity index is 696. The second-order valence-electron chi connectivity index (χ2n) is 4.05. The summed E-state index contributed by atoms with van der Waals surface area (Å²) in [5, 5.41) is 12.1. The van der Waals surface area contributed by atoms with Crippen LogP contribution in [0.15, 0.2) is 47.4 Å². The van der Waals surface area contributed by atoms with E-state index in [9.17, 15) is 4.79 Å². The average molecular weight is 337 g/mol. The fraction of sp³-hybridized carbons (Fsp3) is 0.0667. The molecular weight excluding hydrogens is 327 g/mol. The van der Waals surface area contributed by atoms with Gasteiger partial charge in [0, 0.05) is 15.6 Å². The molecule has 0 bridgehead atoms. The van der Waals surface area contributed by atoms with Crippen LogP contribution < -0.4 is 5.32 Å². The van der Waals surface area contributed by atoms with Crippen LogP contribution in [-0.2, 0) is 0 Å². The number of amides is 1. The zero-order chi connectivity index (χ0) is 15.2. The van der Waals surface area contributed by atoms with Crippen LogP contribution in [0.4, 0.5) is 5.69 Å². The SMILES string of the molecule is N#CCSc1ccc(NC(=O)c2ccc(Cl)cc2Cl)cc1. The number of anilines is 1. The maximum atomic E-state index is 12.1. The van der Waals surface area contributed by atoms with Crippen LogP contribution >= 0.6 is 35.0 Å². The van der Waals surface area contributed by atoms with Gasteiger partial charge in [0.1, 0.15) is 0 Å². The molecule has 0 saturated heterocycles. The summed E-state index contributed by atoms with van der Waals surface area (Å²) in [7, 11) is 0. The first kappa shape index (κ1) is 15.7. The van der Waals surface area contributed by atoms with Crippen molar-refractivity contribution in [3.63, 3.8) is 0 Å². The number of carbonyl (C=O) groups is 1. The lowest BCUT2D eigenvalue weighted by molar-refractivity contribution is 0.102. The van der Waals surface area contributed by atoms with Crippen LogP contribution in [0.25, 0.3) is 0 Å². The monoisotopic (exact) mass is 336 g/mol. The Hall–Kier alpha value is -1.67. The minimum atomic E-state index is -0.297. The van der Waals surface area contributed by atoms with Gasteiger partial charge in [-0.3, -0.25) is 4.79 Å². The summed E-state index contributed by atoms with van der Waals surface area (Å²) >= 11 is 13.2. The summed E-state index contributed by atoms with van der Waals surface area (Å²) in [6.45, 7) is 0. The van der Waals surface area contributed by atoms with Gasteiger partial charge in [-0.1, -0.05) is 23.2 Å². The zero-order valence-corrected chi connectivity index (χ0v) is 13.1. The minimum absolute atomic E-state index is 0.297. The van der Waals surface area contributed by atoms with Gasteiger partial charge in [0.25, 0.3) is 5.91 Å². The van der Waals surface area contributed by atoms with E-state index in [-0.39, 0.29) is 5.91 Å². The molecule has 106 valence electrons. The predicted octanol–water partition coefficient (Wildman–Crippen LogP) is 4.86. The van der Waals surface area contributed by atoms with Crippen molar-refractivity contribution in [2.45, 2.75) is 4.90 Å². The second kappa shape index (κ2) is 7.37. The Morgan fingerprint density at radius 2 is 1.90 bits per heavy atom. The summed E-state index contributed by atoms with van der Waals surface area (Å²) in [5.74, 6) is 0.0978. The molecule has 21 heavy (non-hydrogen) atoms. The zero-order valence-electron chi connectivity index (χ0n) is 10.8. The number of nitrogens with one attached hydrogen (secondary N) is 1. The third-order valence-corrected chi connectivity index (χ3v) is 4.02. The summed E-state index contributed by atoms with van der Waals surface area (Å²) in [4.78, 5) is 13.1. The number of thioether (sulfide) groups is 1. The molecule has 0 aliphatic rings. The van der Waals surface area contributed by atoms with E-state index in [0.717, 1.165) is 4.90 Å². The van der Waals surface area contributed by atoms with Gasteiger partial charge in [-0.25, -0.2) is 0 Å². The van der Waals surface area contributed by atoms with E-state index in [1.807, 2.05) is 12.1 Å². The molecule has 0 atom stereocenters. The Balaban J connectivity index is 2.07. The standard InChI is InChI=1S/C15H10Cl2N2OS/c16-10-1-6-13(14(17)9-10)15(20)19-11-2-4-12(5-3-11)21-8-7-18/h1-6,9H,8H2,(H,19,20). The van der Waals surface area contributed by atoms with Gasteiger partial charge in [0.05, 0.1) is 22.4 Å². The number of nitriles is 1. The predicted molar refractivity (Wildman–Crippen MR) is 87.2 cm³/mol. The number of nitrogens with zero attached hydrogens (tertiary/aromatic N) is 1. The maximum Gasteiger partial charge on any atom is 0.257 e. The molecule has 0 aliphatic carbocycles. The Kier molecular flexibility index (Phi) is 5.51. The number of rotatable bonds is 4. The highest BCUT2D eigenvalue weighted by molar-refractivity contribution is 7.99. The number of hydrogen-bond acceptors (Lipinski definition) is 3. The van der Waals surface area contributed by atoms with Crippen LogP contribution in [0.3, 0.4) is 0 Å². The molecule has 1 amide bonds. The number of hydrogen-bond donors (Lipinski definition) is 1. The quantitative estimate of drug-likeness (QED) is 0.811. The largest absolute Gasteiger partial charge is 0.322 e. The summed E-state index contributed by atoms with van der Waals surface area (Å²) in [6, 6.07) is 14.0. The number of halogens is 2. The second-order valence-corrected chi connectivity index (χ2v) is 5.94. The lowest BCUT2D eigenvalue weighted by Gasteiger charge is -2.07. The van der Waals surface area contributed by atoms with Gasteiger partial charge in [-0.2, -0.15) is 5.26 Å². The normalized spacial score (nSPS) is 9.95. The molecule has 0 aliphatic heterocycles. The highest BCUT2D eigenvalue weighted by atomic mass is 35.5. The molecule has 0 saturated carbocycles. The fourth-order valence-electron chi connectivity index (χ4n) is 1.62. The van der Waals surface area contributed by atoms with Crippen LogP contribution in [0, 0.1) is 11.3 Å². The lowest BCUT2D eigenvalue weighted by Crippen LogP contribution is -2.12. The van der Waals surface area contributed by atoms with E-state index in [1.165, 1.54) is 17.8 Å². The van der Waals surface area contributed by atoms with Crippen molar-refractivity contribution in [2.75, 3.05) is 11.1 Å². The van der Waals surface area contributed by atoms with Crippen molar-refractivity contribution in [1.29, 1.82) is 5.26 Å². The number of carbonyl (C=O) groups excluding carboxylic acids is 1. The maximum absolute atomic E-state index is 12.1. The van der Waals surface area contributed by atoms with E-state index >= 15 is 0 Å². The van der Waals surface area contributed by atoms with Crippen LogP contribution in [0.1, 0.15) is 10.4 Å². The Morgan fingerprint density at radius 1 is 1.19 bits per heavy atom. The molecule has 0 aromatic heterocycles. The van der Waals surface area contributed by atoms with Crippen LogP contribution in [0.2, 0.25) is 10.0 Å². The summed E-state index contributed by atoms with van der Waals surface area (Å²) in [6.07, 6.45) is 0. The van der Waals surface area contributed by atoms with Crippen molar-refractivity contribution in [1.82, 2.24) is 0 Å². The lowest BCUT2D eigenvalue weighted by atomic mass is 10.2. The first-order valence-corrected chi connectivity index (χ1v) is 7.70. The third kappa shape index (κ3) is 4.40. The van der Waals surface area contributed by atoms with Gasteiger partial charge in [-0.05, 0) is 42.5 Å². The molecular formula is C15H10Cl2N2OS. The Labute approximate surface area is 136 Å². The number of benzene rings is 2. The molecule has 0 fully saturated rings. The molecule has 0 spiro atoms. The molecule has 0 heterocycles. The topological polar surface area (TPSA) is 52.9 Å². The van der Waals surface area contributed by atoms with E-state index in [1.54, 1.807) is 24.3 Å². The summed E-state index contributed by atoms with van der Waals surface area (Å²) < 4.78 is 0. The van der Waals surface area contributed by atoms with Gasteiger partial charge < -0.3 is 5.32 Å². The van der Waals surface area contributed by atoms with E-state index < -0.39 is 0 Å². The van der Waals surface area contributed by atoms with E-state index in [2.05, 4.69) is 11.4 Å². The molecule has 1 N–H and O–H groups in total. The van der Waals surface area contributed by atoms with Crippen molar-refractivity contribution in [2.24, 2.45) is 0 Å². The first-order valence-electron chi connectivity index (χ1n) is 5.96. The van der Waals surface area contributed by atoms with Gasteiger partial charge in [0.15, 0.2) is 0 Å². The minimum Gasteiger partial charge on any atom is -0.322 e. The van der Waals surface area contributed by atoms with Crippen molar-refractivity contribution in [3.05, 3.63) is 58.1 Å². The molecule has 2 aromatic carbocycles. The summed E-state index contributed by atoms with van der Waals surface area (Å²) in [5.41, 5.74) is 1.02. The van der Waals surface area contributed by atoms with Gasteiger partial charge >= 0.3 is 0 Å². The molecule has 0 unspecified atom stereocenters. The first-order chi connectivity index (χ1) is 10.1. The average Bonchev–Trinajstić information content (AvgIpc) is 2.46. The van der Waals surface area contributed by atoms with Crippen LogP contribution in [0.5, 0.6) is 0 Å². The molecule has 2 rings (SSSR count). The Morgan fingerprint density at radius 3 is 2.52 bits per heavy atom. The third-order valence-electron chi connectivity index (χ3n) is 2.59. The van der Waals surface area contributed by atoms with Crippen LogP contribution in [-0.4, -0.2) is 11.7 Å². The molecule has 2 aromatic rings. The van der Waals surface area contributed by atoms with Crippen molar-refractivity contribution in [3.8, 4) is 6.07 Å². The highest BCUT2D eigenvalue weighted by Gasteiger charge is 2.10. The van der Waals surface area contributed by atoms with Gasteiger partial charge in [-0.15, -0.1) is 11.8 Å². The smallest absolute Gasteiger partial charge is 0.257 e. The molecule has 6 heteroatoms. The molecule has 3 nitrogen and oxygen atoms in total. The molecule has 0 radical (unpaired) electrons.